The monoisotopic (exact) mass is 267 g/mol. The van der Waals surface area contributed by atoms with Gasteiger partial charge in [-0.1, -0.05) is 0 Å². The van der Waals surface area contributed by atoms with Crippen molar-refractivity contribution in [2.45, 2.75) is 26.3 Å². The van der Waals surface area contributed by atoms with Crippen LogP contribution in [0.25, 0.3) is 0 Å². The molecule has 0 atom stereocenters. The Bertz CT molecular complexity index is 441. The molecule has 0 heterocycles. The summed E-state index contributed by atoms with van der Waals surface area (Å²) in [6.45, 7) is 7.67. The van der Waals surface area contributed by atoms with Gasteiger partial charge in [0, 0.05) is 30.8 Å². The van der Waals surface area contributed by atoms with Gasteiger partial charge in [0.25, 0.3) is 5.69 Å². The van der Waals surface area contributed by atoms with E-state index in [4.69, 9.17) is 4.74 Å². The number of non-ortho nitro benzene ring substituents is 1. The quantitative estimate of drug-likeness (QED) is 0.470. The van der Waals surface area contributed by atoms with Gasteiger partial charge in [0.1, 0.15) is 5.75 Å². The fourth-order valence-corrected chi connectivity index (χ4v) is 1.58. The van der Waals surface area contributed by atoms with Crippen LogP contribution in [-0.2, 0) is 0 Å². The predicted molar refractivity (Wildman–Crippen MR) is 75.9 cm³/mol. The summed E-state index contributed by atoms with van der Waals surface area (Å²) in [4.78, 5) is 10.3. The third-order valence-corrected chi connectivity index (χ3v) is 2.49. The maximum atomic E-state index is 10.7. The summed E-state index contributed by atoms with van der Waals surface area (Å²) < 4.78 is 5.17. The average Bonchev–Trinajstić information content (AvgIpc) is 2.33. The van der Waals surface area contributed by atoms with Crippen molar-refractivity contribution in [3.8, 4) is 5.75 Å². The molecule has 0 saturated heterocycles. The van der Waals surface area contributed by atoms with E-state index in [2.05, 4.69) is 31.4 Å². The number of nitrogens with zero attached hydrogens (tertiary/aromatic N) is 1. The molecule has 0 aliphatic heterocycles. The van der Waals surface area contributed by atoms with E-state index in [1.54, 1.807) is 13.2 Å². The molecule has 6 nitrogen and oxygen atoms in total. The van der Waals surface area contributed by atoms with E-state index in [-0.39, 0.29) is 11.2 Å². The molecule has 0 bridgehead atoms. The van der Waals surface area contributed by atoms with Gasteiger partial charge < -0.3 is 15.4 Å². The van der Waals surface area contributed by atoms with Gasteiger partial charge >= 0.3 is 0 Å². The molecule has 1 aromatic rings. The lowest BCUT2D eigenvalue weighted by Gasteiger charge is -2.21. The molecule has 0 aliphatic carbocycles. The molecule has 0 aromatic heterocycles. The smallest absolute Gasteiger partial charge is 0.271 e. The van der Waals surface area contributed by atoms with Crippen molar-refractivity contribution in [2.24, 2.45) is 0 Å². The summed E-state index contributed by atoms with van der Waals surface area (Å²) in [7, 11) is 1.54. The Hall–Kier alpha value is -1.82. The van der Waals surface area contributed by atoms with Crippen molar-refractivity contribution in [3.63, 3.8) is 0 Å². The fraction of sp³-hybridized carbons (Fsp3) is 0.538. The highest BCUT2D eigenvalue weighted by Gasteiger charge is 2.11. The summed E-state index contributed by atoms with van der Waals surface area (Å²) in [5, 5.41) is 17.2. The van der Waals surface area contributed by atoms with Gasteiger partial charge in [-0.05, 0) is 26.8 Å². The van der Waals surface area contributed by atoms with Gasteiger partial charge in [-0.3, -0.25) is 10.1 Å². The summed E-state index contributed by atoms with van der Waals surface area (Å²) >= 11 is 0. The van der Waals surface area contributed by atoms with Crippen molar-refractivity contribution in [1.29, 1.82) is 0 Å². The van der Waals surface area contributed by atoms with E-state index in [0.717, 1.165) is 6.54 Å². The Morgan fingerprint density at radius 3 is 2.53 bits per heavy atom. The molecule has 0 spiro atoms. The van der Waals surface area contributed by atoms with Gasteiger partial charge in [0.2, 0.25) is 0 Å². The SMILES string of the molecule is COc1ccc([N+](=O)[O-])cc1NCCNC(C)(C)C. The molecule has 19 heavy (non-hydrogen) atoms. The van der Waals surface area contributed by atoms with Crippen LogP contribution in [0.3, 0.4) is 0 Å². The summed E-state index contributed by atoms with van der Waals surface area (Å²) in [5.74, 6) is 0.598. The minimum absolute atomic E-state index is 0.0482. The fourth-order valence-electron chi connectivity index (χ4n) is 1.58. The minimum atomic E-state index is -0.419. The standard InChI is InChI=1S/C13H21N3O3/c1-13(2,3)15-8-7-14-11-9-10(16(17)18)5-6-12(11)19-4/h5-6,9,14-15H,7-8H2,1-4H3. The van der Waals surface area contributed by atoms with E-state index in [0.29, 0.717) is 18.0 Å². The van der Waals surface area contributed by atoms with Crippen LogP contribution < -0.4 is 15.4 Å². The lowest BCUT2D eigenvalue weighted by molar-refractivity contribution is -0.384. The number of anilines is 1. The van der Waals surface area contributed by atoms with Gasteiger partial charge in [-0.15, -0.1) is 0 Å². The minimum Gasteiger partial charge on any atom is -0.495 e. The largest absolute Gasteiger partial charge is 0.495 e. The molecule has 1 rings (SSSR count). The van der Waals surface area contributed by atoms with Gasteiger partial charge in [-0.2, -0.15) is 0 Å². The number of nitrogens with one attached hydrogen (secondary N) is 2. The zero-order chi connectivity index (χ0) is 14.5. The normalized spacial score (nSPS) is 11.2. The van der Waals surface area contributed by atoms with Crippen molar-refractivity contribution in [2.75, 3.05) is 25.5 Å². The number of hydrogen-bond acceptors (Lipinski definition) is 5. The highest BCUT2D eigenvalue weighted by atomic mass is 16.6. The van der Waals surface area contributed by atoms with E-state index in [1.165, 1.54) is 12.1 Å². The lowest BCUT2D eigenvalue weighted by Crippen LogP contribution is -2.38. The number of rotatable bonds is 6. The van der Waals surface area contributed by atoms with Crippen molar-refractivity contribution < 1.29 is 9.66 Å². The average molecular weight is 267 g/mol. The molecule has 0 radical (unpaired) electrons. The first kappa shape index (κ1) is 15.2. The first-order chi connectivity index (χ1) is 8.83. The van der Waals surface area contributed by atoms with E-state index in [9.17, 15) is 10.1 Å². The summed E-state index contributed by atoms with van der Waals surface area (Å²) in [6.07, 6.45) is 0. The van der Waals surface area contributed by atoms with Crippen LogP contribution in [0.15, 0.2) is 18.2 Å². The second-order valence-corrected chi connectivity index (χ2v) is 5.25. The third-order valence-electron chi connectivity index (χ3n) is 2.49. The molecule has 0 amide bonds. The highest BCUT2D eigenvalue weighted by molar-refractivity contribution is 5.61. The second kappa shape index (κ2) is 6.38. The maximum absolute atomic E-state index is 10.7. The van der Waals surface area contributed by atoms with Crippen LogP contribution in [0.2, 0.25) is 0 Å². The Morgan fingerprint density at radius 2 is 2.00 bits per heavy atom. The van der Waals surface area contributed by atoms with Crippen molar-refractivity contribution in [3.05, 3.63) is 28.3 Å². The molecule has 6 heteroatoms. The first-order valence-electron chi connectivity index (χ1n) is 6.15. The first-order valence-corrected chi connectivity index (χ1v) is 6.15. The molecule has 0 saturated carbocycles. The summed E-state index contributed by atoms with van der Waals surface area (Å²) in [5.41, 5.74) is 0.730. The molecule has 0 unspecified atom stereocenters. The predicted octanol–water partition coefficient (Wildman–Crippen LogP) is 2.40. The van der Waals surface area contributed by atoms with Crippen molar-refractivity contribution in [1.82, 2.24) is 5.32 Å². The highest BCUT2D eigenvalue weighted by Crippen LogP contribution is 2.28. The Morgan fingerprint density at radius 1 is 1.32 bits per heavy atom. The molecule has 0 fully saturated rings. The van der Waals surface area contributed by atoms with E-state index in [1.807, 2.05) is 0 Å². The Balaban J connectivity index is 2.65. The number of benzene rings is 1. The number of hydrogen-bond donors (Lipinski definition) is 2. The Kier molecular flexibility index (Phi) is 5.11. The van der Waals surface area contributed by atoms with Crippen LogP contribution in [0.4, 0.5) is 11.4 Å². The van der Waals surface area contributed by atoms with Gasteiger partial charge in [0.05, 0.1) is 17.7 Å². The molecule has 0 aliphatic rings. The van der Waals surface area contributed by atoms with Gasteiger partial charge in [-0.25, -0.2) is 0 Å². The van der Waals surface area contributed by atoms with Crippen LogP contribution in [0.5, 0.6) is 5.75 Å². The second-order valence-electron chi connectivity index (χ2n) is 5.25. The Labute approximate surface area is 113 Å². The number of methoxy groups -OCH3 is 1. The van der Waals surface area contributed by atoms with E-state index >= 15 is 0 Å². The number of nitro benzene ring substituents is 1. The van der Waals surface area contributed by atoms with Crippen molar-refractivity contribution >= 4 is 11.4 Å². The number of nitro groups is 1. The maximum Gasteiger partial charge on any atom is 0.271 e. The van der Waals surface area contributed by atoms with Gasteiger partial charge in [0.15, 0.2) is 0 Å². The molecule has 1 aromatic carbocycles. The molecular formula is C13H21N3O3. The number of ether oxygens (including phenoxy) is 1. The zero-order valence-corrected chi connectivity index (χ0v) is 11.8. The topological polar surface area (TPSA) is 76.4 Å². The molecule has 106 valence electrons. The van der Waals surface area contributed by atoms with Crippen LogP contribution in [0.1, 0.15) is 20.8 Å². The van der Waals surface area contributed by atoms with E-state index < -0.39 is 4.92 Å². The summed E-state index contributed by atoms with van der Waals surface area (Å²) in [6, 6.07) is 4.50. The zero-order valence-electron chi connectivity index (χ0n) is 11.8. The van der Waals surface area contributed by atoms with Crippen LogP contribution in [-0.4, -0.2) is 30.7 Å². The lowest BCUT2D eigenvalue weighted by atomic mass is 10.1. The third kappa shape index (κ3) is 5.13. The molecule has 2 N–H and O–H groups in total. The van der Waals surface area contributed by atoms with Crippen LogP contribution >= 0.6 is 0 Å². The molecular weight excluding hydrogens is 246 g/mol. The van der Waals surface area contributed by atoms with Crippen LogP contribution in [0, 0.1) is 10.1 Å².